The van der Waals surface area contributed by atoms with Crippen molar-refractivity contribution in [1.29, 1.82) is 0 Å². The van der Waals surface area contributed by atoms with Gasteiger partial charge in [-0.2, -0.15) is 0 Å². The lowest BCUT2D eigenvalue weighted by molar-refractivity contribution is 0.0322. The lowest BCUT2D eigenvalue weighted by Gasteiger charge is -2.07. The van der Waals surface area contributed by atoms with Crippen LogP contribution in [-0.4, -0.2) is 38.9 Å². The number of aryl methyl sites for hydroxylation is 1. The maximum atomic E-state index is 11.6. The normalized spacial score (nSPS) is 10.4. The average Bonchev–Trinajstić information content (AvgIpc) is 2.42. The van der Waals surface area contributed by atoms with Crippen molar-refractivity contribution in [3.63, 3.8) is 0 Å². The first kappa shape index (κ1) is 15.7. The van der Waals surface area contributed by atoms with Crippen molar-refractivity contribution in [3.8, 4) is 0 Å². The maximum absolute atomic E-state index is 11.6. The zero-order valence-electron chi connectivity index (χ0n) is 11.8. The van der Waals surface area contributed by atoms with Crippen LogP contribution in [0.2, 0.25) is 0 Å². The van der Waals surface area contributed by atoms with E-state index < -0.39 is 0 Å². The second-order valence-corrected chi connectivity index (χ2v) is 4.36. The number of ether oxygens (including phenoxy) is 2. The second kappa shape index (κ2) is 9.53. The molecule has 0 spiro atoms. The van der Waals surface area contributed by atoms with Gasteiger partial charge in [-0.05, 0) is 32.0 Å². The van der Waals surface area contributed by atoms with Crippen LogP contribution < -0.4 is 5.32 Å². The van der Waals surface area contributed by atoms with E-state index in [4.69, 9.17) is 9.47 Å². The van der Waals surface area contributed by atoms with Crippen molar-refractivity contribution < 1.29 is 14.3 Å². The zero-order chi connectivity index (χ0) is 13.9. The van der Waals surface area contributed by atoms with Crippen molar-refractivity contribution in [3.05, 3.63) is 35.4 Å². The summed E-state index contributed by atoms with van der Waals surface area (Å²) in [7, 11) is 0. The molecule has 0 saturated carbocycles. The summed E-state index contributed by atoms with van der Waals surface area (Å²) < 4.78 is 10.5. The first-order chi connectivity index (χ1) is 9.24. The van der Waals surface area contributed by atoms with E-state index in [9.17, 15) is 4.79 Å². The topological polar surface area (TPSA) is 47.6 Å². The molecule has 0 aliphatic rings. The van der Waals surface area contributed by atoms with Gasteiger partial charge in [-0.1, -0.05) is 24.6 Å². The van der Waals surface area contributed by atoms with Crippen LogP contribution >= 0.6 is 0 Å². The maximum Gasteiger partial charge on any atom is 0.338 e. The van der Waals surface area contributed by atoms with E-state index >= 15 is 0 Å². The molecule has 19 heavy (non-hydrogen) atoms. The van der Waals surface area contributed by atoms with Gasteiger partial charge in [0.1, 0.15) is 6.61 Å². The van der Waals surface area contributed by atoms with Gasteiger partial charge in [-0.3, -0.25) is 0 Å². The van der Waals surface area contributed by atoms with Gasteiger partial charge in [0.05, 0.1) is 18.8 Å². The van der Waals surface area contributed by atoms with Crippen LogP contribution in [0, 0.1) is 6.92 Å². The molecule has 0 aromatic heterocycles. The minimum atomic E-state index is -0.298. The summed E-state index contributed by atoms with van der Waals surface area (Å²) in [5.41, 5.74) is 1.70. The molecule has 1 aromatic rings. The van der Waals surface area contributed by atoms with Crippen LogP contribution in [0.4, 0.5) is 0 Å². The highest BCUT2D eigenvalue weighted by Gasteiger charge is 2.05. The third-order valence-corrected chi connectivity index (χ3v) is 2.60. The van der Waals surface area contributed by atoms with Crippen molar-refractivity contribution in [2.45, 2.75) is 20.3 Å². The van der Waals surface area contributed by atoms with Gasteiger partial charge in [0.2, 0.25) is 0 Å². The molecular weight excluding hydrogens is 242 g/mol. The Kier molecular flexibility index (Phi) is 7.86. The average molecular weight is 265 g/mol. The molecule has 1 N–H and O–H groups in total. The molecule has 4 heteroatoms. The van der Waals surface area contributed by atoms with E-state index in [1.807, 2.05) is 19.1 Å². The van der Waals surface area contributed by atoms with E-state index in [2.05, 4.69) is 12.2 Å². The van der Waals surface area contributed by atoms with Crippen molar-refractivity contribution >= 4 is 5.97 Å². The smallest absolute Gasteiger partial charge is 0.338 e. The first-order valence-electron chi connectivity index (χ1n) is 6.76. The predicted octanol–water partition coefficient (Wildman–Crippen LogP) is 2.17. The van der Waals surface area contributed by atoms with Crippen LogP contribution in [0.1, 0.15) is 29.3 Å². The Morgan fingerprint density at radius 1 is 1.11 bits per heavy atom. The Morgan fingerprint density at radius 2 is 1.84 bits per heavy atom. The van der Waals surface area contributed by atoms with E-state index in [0.717, 1.165) is 25.1 Å². The fourth-order valence-corrected chi connectivity index (χ4v) is 1.51. The Bertz CT molecular complexity index is 362. The van der Waals surface area contributed by atoms with Crippen LogP contribution in [0.15, 0.2) is 24.3 Å². The molecule has 106 valence electrons. The minimum absolute atomic E-state index is 0.292. The summed E-state index contributed by atoms with van der Waals surface area (Å²) in [5, 5.41) is 3.23. The van der Waals surface area contributed by atoms with Crippen LogP contribution in [0.5, 0.6) is 0 Å². The molecule has 1 aromatic carbocycles. The molecule has 0 saturated heterocycles. The van der Waals surface area contributed by atoms with Crippen molar-refractivity contribution in [1.82, 2.24) is 5.32 Å². The van der Waals surface area contributed by atoms with Gasteiger partial charge < -0.3 is 14.8 Å². The Balaban J connectivity index is 2.06. The molecule has 0 unspecified atom stereocenters. The number of hydrogen-bond acceptors (Lipinski definition) is 4. The quantitative estimate of drug-likeness (QED) is 0.549. The van der Waals surface area contributed by atoms with Gasteiger partial charge in [0, 0.05) is 6.54 Å². The highest BCUT2D eigenvalue weighted by molar-refractivity contribution is 5.89. The number of rotatable bonds is 9. The first-order valence-corrected chi connectivity index (χ1v) is 6.76. The van der Waals surface area contributed by atoms with Crippen molar-refractivity contribution in [2.24, 2.45) is 0 Å². The van der Waals surface area contributed by atoms with Gasteiger partial charge in [0.25, 0.3) is 0 Å². The lowest BCUT2D eigenvalue weighted by atomic mass is 10.1. The molecule has 0 amide bonds. The van der Waals surface area contributed by atoms with Crippen LogP contribution in [0.3, 0.4) is 0 Å². The van der Waals surface area contributed by atoms with Gasteiger partial charge >= 0.3 is 5.97 Å². The van der Waals surface area contributed by atoms with Crippen LogP contribution in [0.25, 0.3) is 0 Å². The third-order valence-electron chi connectivity index (χ3n) is 2.60. The summed E-state index contributed by atoms with van der Waals surface area (Å²) in [6.45, 7) is 7.31. The molecule has 0 heterocycles. The highest BCUT2D eigenvalue weighted by atomic mass is 16.6. The molecule has 1 rings (SSSR count). The molecule has 0 atom stereocenters. The van der Waals surface area contributed by atoms with E-state index in [1.165, 1.54) is 0 Å². The largest absolute Gasteiger partial charge is 0.460 e. The third kappa shape index (κ3) is 6.94. The number of carbonyl (C=O) groups excluding carboxylic acids is 1. The van der Waals surface area contributed by atoms with E-state index in [-0.39, 0.29) is 5.97 Å². The summed E-state index contributed by atoms with van der Waals surface area (Å²) in [6.07, 6.45) is 1.12. The molecule has 0 aliphatic heterocycles. The summed E-state index contributed by atoms with van der Waals surface area (Å²) in [6, 6.07) is 7.33. The molecular formula is C15H23NO3. The summed E-state index contributed by atoms with van der Waals surface area (Å²) in [5.74, 6) is -0.298. The van der Waals surface area contributed by atoms with Gasteiger partial charge in [-0.25, -0.2) is 4.79 Å². The number of hydrogen-bond donors (Lipinski definition) is 1. The summed E-state index contributed by atoms with van der Waals surface area (Å²) >= 11 is 0. The number of carbonyl (C=O) groups is 1. The SMILES string of the molecule is CCCNCCOCCOC(=O)c1ccc(C)cc1. The fourth-order valence-electron chi connectivity index (χ4n) is 1.51. The molecule has 0 aliphatic carbocycles. The van der Waals surface area contributed by atoms with Crippen LogP contribution in [-0.2, 0) is 9.47 Å². The number of esters is 1. The molecule has 0 bridgehead atoms. The van der Waals surface area contributed by atoms with Gasteiger partial charge in [0.15, 0.2) is 0 Å². The Hall–Kier alpha value is -1.39. The van der Waals surface area contributed by atoms with E-state index in [0.29, 0.717) is 25.4 Å². The zero-order valence-corrected chi connectivity index (χ0v) is 11.8. The predicted molar refractivity (Wildman–Crippen MR) is 75.4 cm³/mol. The monoisotopic (exact) mass is 265 g/mol. The molecule has 4 nitrogen and oxygen atoms in total. The summed E-state index contributed by atoms with van der Waals surface area (Å²) in [4.78, 5) is 11.6. The molecule has 0 radical (unpaired) electrons. The standard InChI is InChI=1S/C15H23NO3/c1-3-8-16-9-10-18-11-12-19-15(17)14-6-4-13(2)5-7-14/h4-7,16H,3,8-12H2,1-2H3. The Labute approximate surface area is 115 Å². The molecule has 0 fully saturated rings. The lowest BCUT2D eigenvalue weighted by Crippen LogP contribution is -2.21. The Morgan fingerprint density at radius 3 is 2.53 bits per heavy atom. The minimum Gasteiger partial charge on any atom is -0.460 e. The highest BCUT2D eigenvalue weighted by Crippen LogP contribution is 2.04. The number of nitrogens with one attached hydrogen (secondary N) is 1. The number of benzene rings is 1. The van der Waals surface area contributed by atoms with E-state index in [1.54, 1.807) is 12.1 Å². The van der Waals surface area contributed by atoms with Crippen molar-refractivity contribution in [2.75, 3.05) is 32.9 Å². The second-order valence-electron chi connectivity index (χ2n) is 4.36. The fraction of sp³-hybridized carbons (Fsp3) is 0.533. The van der Waals surface area contributed by atoms with Gasteiger partial charge in [-0.15, -0.1) is 0 Å².